The van der Waals surface area contributed by atoms with E-state index in [-0.39, 0.29) is 23.1 Å². The van der Waals surface area contributed by atoms with Gasteiger partial charge in [-0.15, -0.1) is 8.78 Å². The van der Waals surface area contributed by atoms with E-state index in [4.69, 9.17) is 0 Å². The number of amides is 1. The summed E-state index contributed by atoms with van der Waals surface area (Å²) in [5.74, 6) is -0.990. The van der Waals surface area contributed by atoms with Crippen molar-refractivity contribution in [2.75, 3.05) is 23.3 Å². The summed E-state index contributed by atoms with van der Waals surface area (Å²) in [5.41, 5.74) is 2.41. The molecule has 0 bridgehead atoms. The SMILES string of the molecule is O=C1CCc2ccccc2N1.OC1CCN(c2cc3c(cc2F)OC(F)(F)O3)CC1. The van der Waals surface area contributed by atoms with Crippen LogP contribution in [0, 0.1) is 5.82 Å². The van der Waals surface area contributed by atoms with E-state index in [9.17, 15) is 23.1 Å². The van der Waals surface area contributed by atoms with Crippen LogP contribution in [0.15, 0.2) is 36.4 Å². The van der Waals surface area contributed by atoms with Gasteiger partial charge in [-0.3, -0.25) is 4.79 Å². The summed E-state index contributed by atoms with van der Waals surface area (Å²) in [6.07, 6.45) is -1.60. The second-order valence-corrected chi connectivity index (χ2v) is 7.34. The second-order valence-electron chi connectivity index (χ2n) is 7.34. The third kappa shape index (κ3) is 4.46. The number of para-hydroxylation sites is 1. The van der Waals surface area contributed by atoms with Crippen molar-refractivity contribution in [3.63, 3.8) is 0 Å². The Balaban J connectivity index is 0.000000168. The van der Waals surface area contributed by atoms with E-state index < -0.39 is 18.2 Å². The van der Waals surface area contributed by atoms with Crippen LogP contribution in [-0.2, 0) is 11.2 Å². The van der Waals surface area contributed by atoms with Crippen LogP contribution < -0.4 is 19.7 Å². The van der Waals surface area contributed by atoms with Crippen LogP contribution in [0.3, 0.4) is 0 Å². The molecule has 1 fully saturated rings. The van der Waals surface area contributed by atoms with Gasteiger partial charge in [-0.1, -0.05) is 18.2 Å². The number of alkyl halides is 2. The third-order valence-electron chi connectivity index (χ3n) is 5.19. The molecule has 6 nitrogen and oxygen atoms in total. The van der Waals surface area contributed by atoms with Crippen molar-refractivity contribution in [3.8, 4) is 11.5 Å². The molecule has 2 aromatic carbocycles. The minimum atomic E-state index is -3.74. The van der Waals surface area contributed by atoms with E-state index in [0.717, 1.165) is 18.2 Å². The average molecular weight is 422 g/mol. The zero-order chi connectivity index (χ0) is 21.3. The van der Waals surface area contributed by atoms with Gasteiger partial charge in [0.05, 0.1) is 11.8 Å². The van der Waals surface area contributed by atoms with Crippen LogP contribution >= 0.6 is 0 Å². The molecule has 5 rings (SSSR count). The lowest BCUT2D eigenvalue weighted by molar-refractivity contribution is -0.286. The molecular formula is C21H21F3N2O4. The van der Waals surface area contributed by atoms with Gasteiger partial charge in [0.2, 0.25) is 5.91 Å². The lowest BCUT2D eigenvalue weighted by Gasteiger charge is -2.31. The number of rotatable bonds is 1. The molecule has 0 spiro atoms. The van der Waals surface area contributed by atoms with Crippen molar-refractivity contribution in [2.24, 2.45) is 0 Å². The average Bonchev–Trinajstić information content (AvgIpc) is 3.01. The fraction of sp³-hybridized carbons (Fsp3) is 0.381. The number of aliphatic hydroxyl groups is 1. The molecule has 0 aromatic heterocycles. The molecule has 0 radical (unpaired) electrons. The molecule has 3 heterocycles. The molecule has 0 aliphatic carbocycles. The van der Waals surface area contributed by atoms with Gasteiger partial charge >= 0.3 is 6.29 Å². The topological polar surface area (TPSA) is 71.0 Å². The number of nitrogens with zero attached hydrogens (tertiary/aromatic N) is 1. The predicted molar refractivity (Wildman–Crippen MR) is 103 cm³/mol. The molecule has 0 saturated carbocycles. The summed E-state index contributed by atoms with van der Waals surface area (Å²) < 4.78 is 48.1. The van der Waals surface area contributed by atoms with Gasteiger partial charge in [-0.2, -0.15) is 0 Å². The number of carbonyl (C=O) groups excluding carboxylic acids is 1. The van der Waals surface area contributed by atoms with Crippen molar-refractivity contribution in [1.82, 2.24) is 0 Å². The summed E-state index contributed by atoms with van der Waals surface area (Å²) >= 11 is 0. The fourth-order valence-corrected chi connectivity index (χ4v) is 3.63. The van der Waals surface area contributed by atoms with Gasteiger partial charge in [0.15, 0.2) is 11.5 Å². The van der Waals surface area contributed by atoms with Crippen LogP contribution in [0.4, 0.5) is 24.5 Å². The number of anilines is 2. The monoisotopic (exact) mass is 422 g/mol. The van der Waals surface area contributed by atoms with Crippen molar-refractivity contribution >= 4 is 17.3 Å². The van der Waals surface area contributed by atoms with E-state index in [1.54, 1.807) is 4.90 Å². The Hall–Kier alpha value is -2.94. The highest BCUT2D eigenvalue weighted by Crippen LogP contribution is 2.44. The maximum Gasteiger partial charge on any atom is 0.586 e. The van der Waals surface area contributed by atoms with Crippen molar-refractivity contribution in [2.45, 2.75) is 38.1 Å². The van der Waals surface area contributed by atoms with Crippen molar-refractivity contribution < 1.29 is 32.5 Å². The minimum Gasteiger partial charge on any atom is -0.395 e. The zero-order valence-electron chi connectivity index (χ0n) is 16.0. The van der Waals surface area contributed by atoms with Crippen LogP contribution in [0.25, 0.3) is 0 Å². The largest absolute Gasteiger partial charge is 0.586 e. The first-order valence-corrected chi connectivity index (χ1v) is 9.71. The smallest absolute Gasteiger partial charge is 0.395 e. The Morgan fingerprint density at radius 3 is 2.47 bits per heavy atom. The summed E-state index contributed by atoms with van der Waals surface area (Å²) in [6, 6.07) is 10.0. The summed E-state index contributed by atoms with van der Waals surface area (Å²) in [6.45, 7) is 0.933. The maximum absolute atomic E-state index is 13.9. The Labute approximate surface area is 171 Å². The number of piperidine rings is 1. The highest BCUT2D eigenvalue weighted by molar-refractivity contribution is 5.93. The first kappa shape index (κ1) is 20.3. The lowest BCUT2D eigenvalue weighted by Crippen LogP contribution is -2.36. The summed E-state index contributed by atoms with van der Waals surface area (Å²) in [7, 11) is 0. The van der Waals surface area contributed by atoms with E-state index in [2.05, 4.69) is 20.9 Å². The Morgan fingerprint density at radius 1 is 1.07 bits per heavy atom. The number of benzene rings is 2. The predicted octanol–water partition coefficient (Wildman–Crippen LogP) is 3.68. The van der Waals surface area contributed by atoms with E-state index >= 15 is 0 Å². The maximum atomic E-state index is 13.9. The number of carbonyl (C=O) groups is 1. The van der Waals surface area contributed by atoms with Crippen LogP contribution in [0.5, 0.6) is 11.5 Å². The molecule has 30 heavy (non-hydrogen) atoms. The van der Waals surface area contributed by atoms with E-state index in [1.807, 2.05) is 18.2 Å². The Bertz CT molecular complexity index is 946. The van der Waals surface area contributed by atoms with Gasteiger partial charge in [-0.25, -0.2) is 4.39 Å². The Kier molecular flexibility index (Phi) is 5.46. The number of nitrogens with one attached hydrogen (secondary N) is 1. The lowest BCUT2D eigenvalue weighted by atomic mass is 10.0. The highest BCUT2D eigenvalue weighted by atomic mass is 19.3. The van der Waals surface area contributed by atoms with Gasteiger partial charge < -0.3 is 24.8 Å². The molecule has 0 unspecified atom stereocenters. The summed E-state index contributed by atoms with van der Waals surface area (Å²) in [4.78, 5) is 12.6. The molecule has 1 saturated heterocycles. The molecular weight excluding hydrogens is 401 g/mol. The quantitative estimate of drug-likeness (QED) is 0.734. The van der Waals surface area contributed by atoms with Crippen LogP contribution in [0.1, 0.15) is 24.8 Å². The number of hydrogen-bond donors (Lipinski definition) is 2. The Morgan fingerprint density at radius 2 is 1.73 bits per heavy atom. The molecule has 2 N–H and O–H groups in total. The molecule has 3 aliphatic heterocycles. The van der Waals surface area contributed by atoms with Gasteiger partial charge in [0.25, 0.3) is 0 Å². The number of aryl methyl sites for hydroxylation is 1. The number of hydrogen-bond acceptors (Lipinski definition) is 5. The molecule has 0 atom stereocenters. The first-order chi connectivity index (χ1) is 14.3. The minimum absolute atomic E-state index is 0.128. The van der Waals surface area contributed by atoms with Crippen molar-refractivity contribution in [1.29, 1.82) is 0 Å². The standard InChI is InChI=1S/C12H12F3NO3.C9H9NO/c13-8-5-10-11(19-12(14,15)18-10)6-9(8)16-3-1-7(17)2-4-16;11-9-6-5-7-3-1-2-4-8(7)10-9/h5-7,17H,1-4H2;1-4H,5-6H2,(H,10,11). The normalized spacial score (nSPS) is 19.5. The van der Waals surface area contributed by atoms with Gasteiger partial charge in [0, 0.05) is 37.3 Å². The first-order valence-electron chi connectivity index (χ1n) is 9.71. The van der Waals surface area contributed by atoms with Gasteiger partial charge in [0.1, 0.15) is 5.82 Å². The van der Waals surface area contributed by atoms with Crippen molar-refractivity contribution in [3.05, 3.63) is 47.8 Å². The molecule has 3 aliphatic rings. The fourth-order valence-electron chi connectivity index (χ4n) is 3.63. The molecule has 9 heteroatoms. The number of halogens is 3. The second kappa shape index (κ2) is 8.06. The summed E-state index contributed by atoms with van der Waals surface area (Å²) in [5, 5.41) is 12.2. The zero-order valence-corrected chi connectivity index (χ0v) is 16.0. The number of ether oxygens (including phenoxy) is 2. The number of aliphatic hydroxyl groups excluding tert-OH is 1. The third-order valence-corrected chi connectivity index (χ3v) is 5.19. The van der Waals surface area contributed by atoms with E-state index in [1.165, 1.54) is 11.6 Å². The number of fused-ring (bicyclic) bond motifs is 2. The van der Waals surface area contributed by atoms with Gasteiger partial charge in [-0.05, 0) is 30.9 Å². The molecule has 1 amide bonds. The molecule has 160 valence electrons. The van der Waals surface area contributed by atoms with E-state index in [0.29, 0.717) is 32.4 Å². The van der Waals surface area contributed by atoms with Crippen LogP contribution in [0.2, 0.25) is 0 Å². The van der Waals surface area contributed by atoms with Crippen LogP contribution in [-0.4, -0.2) is 36.5 Å². The highest BCUT2D eigenvalue weighted by Gasteiger charge is 2.44. The molecule has 2 aromatic rings.